The van der Waals surface area contributed by atoms with Gasteiger partial charge in [-0.1, -0.05) is 60.7 Å². The lowest BCUT2D eigenvalue weighted by atomic mass is 10.0. The van der Waals surface area contributed by atoms with Crippen LogP contribution in [0.3, 0.4) is 0 Å². The molecule has 3 nitrogen and oxygen atoms in total. The molecule has 0 atom stereocenters. The molecule has 0 fully saturated rings. The number of fused-ring (bicyclic) bond motifs is 1. The van der Waals surface area contributed by atoms with E-state index in [-0.39, 0.29) is 5.84 Å². The molecule has 0 amide bonds. The second-order valence-electron chi connectivity index (χ2n) is 6.01. The van der Waals surface area contributed by atoms with Crippen LogP contribution in [-0.4, -0.2) is 5.84 Å². The van der Waals surface area contributed by atoms with Crippen molar-refractivity contribution in [2.24, 2.45) is 5.73 Å². The third kappa shape index (κ3) is 3.19. The Balaban J connectivity index is 1.74. The van der Waals surface area contributed by atoms with Crippen molar-refractivity contribution >= 4 is 27.3 Å². The number of benzene rings is 3. The van der Waals surface area contributed by atoms with Crippen molar-refractivity contribution in [1.82, 2.24) is 0 Å². The molecule has 1 heterocycles. The molecule has 0 spiro atoms. The van der Waals surface area contributed by atoms with Gasteiger partial charge in [-0.05, 0) is 29.3 Å². The third-order valence-electron chi connectivity index (χ3n) is 4.24. The Morgan fingerprint density at radius 1 is 0.885 bits per heavy atom. The summed E-state index contributed by atoms with van der Waals surface area (Å²) in [6.07, 6.45) is 0. The van der Waals surface area contributed by atoms with Gasteiger partial charge in [0.1, 0.15) is 18.2 Å². The van der Waals surface area contributed by atoms with Crippen LogP contribution >= 0.6 is 11.3 Å². The number of hydrogen-bond donors (Lipinski definition) is 2. The van der Waals surface area contributed by atoms with Crippen molar-refractivity contribution in [3.63, 3.8) is 0 Å². The number of nitrogens with two attached hydrogens (primary N) is 1. The van der Waals surface area contributed by atoms with Crippen molar-refractivity contribution in [3.8, 4) is 16.9 Å². The Labute approximate surface area is 156 Å². The minimum Gasteiger partial charge on any atom is -0.488 e. The molecule has 4 heteroatoms. The summed E-state index contributed by atoms with van der Waals surface area (Å²) in [5, 5.41) is 8.81. The highest BCUT2D eigenvalue weighted by atomic mass is 32.1. The van der Waals surface area contributed by atoms with Gasteiger partial charge in [0.05, 0.1) is 4.88 Å². The predicted molar refractivity (Wildman–Crippen MR) is 109 cm³/mol. The topological polar surface area (TPSA) is 59.1 Å². The molecule has 0 bridgehead atoms. The van der Waals surface area contributed by atoms with Crippen LogP contribution in [0, 0.1) is 5.41 Å². The summed E-state index contributed by atoms with van der Waals surface area (Å²) in [6.45, 7) is 0.524. The smallest absolute Gasteiger partial charge is 0.133 e. The molecule has 0 radical (unpaired) electrons. The zero-order valence-corrected chi connectivity index (χ0v) is 14.9. The lowest BCUT2D eigenvalue weighted by Gasteiger charge is -2.12. The quantitative estimate of drug-likeness (QED) is 0.369. The SMILES string of the molecule is N=C(N)c1cc2c(-c3ccccc3OCc3ccccc3)cccc2s1. The highest BCUT2D eigenvalue weighted by Crippen LogP contribution is 2.38. The first-order valence-corrected chi connectivity index (χ1v) is 9.17. The summed E-state index contributed by atoms with van der Waals surface area (Å²) in [4.78, 5) is 0.787. The van der Waals surface area contributed by atoms with Gasteiger partial charge in [0, 0.05) is 15.6 Å². The summed E-state index contributed by atoms with van der Waals surface area (Å²) in [7, 11) is 0. The van der Waals surface area contributed by atoms with E-state index in [1.54, 1.807) is 0 Å². The maximum absolute atomic E-state index is 7.71. The first-order valence-electron chi connectivity index (χ1n) is 8.35. The number of nitrogens with one attached hydrogen (secondary N) is 1. The Morgan fingerprint density at radius 2 is 1.62 bits per heavy atom. The fourth-order valence-corrected chi connectivity index (χ4v) is 3.93. The number of hydrogen-bond acceptors (Lipinski definition) is 3. The molecule has 0 saturated heterocycles. The Hall–Kier alpha value is -3.11. The van der Waals surface area contributed by atoms with E-state index >= 15 is 0 Å². The van der Waals surface area contributed by atoms with E-state index < -0.39 is 0 Å². The summed E-state index contributed by atoms with van der Waals surface area (Å²) in [5.74, 6) is 0.949. The molecular weight excluding hydrogens is 340 g/mol. The average Bonchev–Trinajstić information content (AvgIpc) is 3.12. The molecule has 4 aromatic rings. The number of para-hydroxylation sites is 1. The molecule has 3 aromatic carbocycles. The molecule has 0 saturated carbocycles. The fraction of sp³-hybridized carbons (Fsp3) is 0.0455. The Morgan fingerprint density at radius 3 is 2.42 bits per heavy atom. The van der Waals surface area contributed by atoms with Crippen LogP contribution < -0.4 is 10.5 Å². The van der Waals surface area contributed by atoms with Crippen molar-refractivity contribution in [1.29, 1.82) is 5.41 Å². The maximum Gasteiger partial charge on any atom is 0.133 e. The number of ether oxygens (including phenoxy) is 1. The monoisotopic (exact) mass is 358 g/mol. The van der Waals surface area contributed by atoms with Crippen molar-refractivity contribution in [3.05, 3.63) is 89.3 Å². The van der Waals surface area contributed by atoms with Gasteiger partial charge in [0.15, 0.2) is 0 Å². The molecule has 0 aliphatic carbocycles. The third-order valence-corrected chi connectivity index (χ3v) is 5.37. The van der Waals surface area contributed by atoms with Crippen molar-refractivity contribution < 1.29 is 4.74 Å². The largest absolute Gasteiger partial charge is 0.488 e. The van der Waals surface area contributed by atoms with E-state index in [9.17, 15) is 0 Å². The molecule has 4 rings (SSSR count). The molecule has 26 heavy (non-hydrogen) atoms. The normalized spacial score (nSPS) is 10.8. The van der Waals surface area contributed by atoms with Crippen LogP contribution in [0.1, 0.15) is 10.4 Å². The lowest BCUT2D eigenvalue weighted by Crippen LogP contribution is -2.08. The first kappa shape index (κ1) is 16.4. The number of nitrogen functional groups attached to an aromatic ring is 1. The summed E-state index contributed by atoms with van der Waals surface area (Å²) >= 11 is 1.54. The average molecular weight is 358 g/mol. The van der Waals surface area contributed by atoms with Gasteiger partial charge < -0.3 is 10.5 Å². The van der Waals surface area contributed by atoms with Crippen LogP contribution in [0.5, 0.6) is 5.75 Å². The van der Waals surface area contributed by atoms with E-state index in [1.165, 1.54) is 11.3 Å². The van der Waals surface area contributed by atoms with Crippen LogP contribution in [0.4, 0.5) is 0 Å². The van der Waals surface area contributed by atoms with E-state index in [1.807, 2.05) is 48.5 Å². The molecular formula is C22H18N2OS. The van der Waals surface area contributed by atoms with E-state index in [0.717, 1.165) is 37.4 Å². The standard InChI is InChI=1S/C22H18N2OS/c23-22(24)21-13-18-16(10-6-12-20(18)26-21)17-9-4-5-11-19(17)25-14-15-7-2-1-3-8-15/h1-13H,14H2,(H3,23,24). The van der Waals surface area contributed by atoms with Crippen LogP contribution in [0.15, 0.2) is 78.9 Å². The summed E-state index contributed by atoms with van der Waals surface area (Å²) < 4.78 is 7.23. The molecule has 0 aliphatic rings. The lowest BCUT2D eigenvalue weighted by molar-refractivity contribution is 0.307. The zero-order valence-electron chi connectivity index (χ0n) is 14.1. The summed E-state index contributed by atoms with van der Waals surface area (Å²) in [6, 6.07) is 26.4. The van der Waals surface area contributed by atoms with Crippen molar-refractivity contribution in [2.45, 2.75) is 6.61 Å². The van der Waals surface area contributed by atoms with E-state index in [4.69, 9.17) is 15.9 Å². The minimum absolute atomic E-state index is 0.103. The van der Waals surface area contributed by atoms with Gasteiger partial charge in [-0.25, -0.2) is 0 Å². The molecule has 0 unspecified atom stereocenters. The summed E-state index contributed by atoms with van der Waals surface area (Å²) in [5.41, 5.74) is 8.95. The van der Waals surface area contributed by atoms with Crippen LogP contribution in [0.25, 0.3) is 21.2 Å². The maximum atomic E-state index is 7.71. The first-order chi connectivity index (χ1) is 12.7. The highest BCUT2D eigenvalue weighted by molar-refractivity contribution is 7.20. The fourth-order valence-electron chi connectivity index (χ4n) is 2.98. The van der Waals surface area contributed by atoms with Gasteiger partial charge in [-0.3, -0.25) is 5.41 Å². The van der Waals surface area contributed by atoms with Crippen molar-refractivity contribution in [2.75, 3.05) is 0 Å². The zero-order chi connectivity index (χ0) is 17.9. The number of amidine groups is 1. The molecule has 128 valence electrons. The van der Waals surface area contributed by atoms with Gasteiger partial charge in [-0.2, -0.15) is 0 Å². The highest BCUT2D eigenvalue weighted by Gasteiger charge is 2.13. The predicted octanol–water partition coefficient (Wildman–Crippen LogP) is 5.43. The van der Waals surface area contributed by atoms with Gasteiger partial charge in [-0.15, -0.1) is 11.3 Å². The van der Waals surface area contributed by atoms with Crippen LogP contribution in [-0.2, 0) is 6.61 Å². The molecule has 1 aromatic heterocycles. The van der Waals surface area contributed by atoms with Crippen LogP contribution in [0.2, 0.25) is 0 Å². The number of thiophene rings is 1. The van der Waals surface area contributed by atoms with E-state index in [2.05, 4.69) is 30.3 Å². The van der Waals surface area contributed by atoms with Gasteiger partial charge >= 0.3 is 0 Å². The second kappa shape index (κ2) is 7.02. The van der Waals surface area contributed by atoms with E-state index in [0.29, 0.717) is 6.61 Å². The molecule has 3 N–H and O–H groups in total. The van der Waals surface area contributed by atoms with Gasteiger partial charge in [0.2, 0.25) is 0 Å². The Kier molecular flexibility index (Phi) is 4.42. The number of rotatable bonds is 5. The Bertz CT molecular complexity index is 1070. The second-order valence-corrected chi connectivity index (χ2v) is 7.10. The van der Waals surface area contributed by atoms with Gasteiger partial charge in [0.25, 0.3) is 0 Å². The molecule has 0 aliphatic heterocycles. The minimum atomic E-state index is 0.103.